The van der Waals surface area contributed by atoms with Crippen LogP contribution in [0.25, 0.3) is 0 Å². The Morgan fingerprint density at radius 1 is 1.25 bits per heavy atom. The molecule has 0 saturated heterocycles. The molecule has 0 aromatic rings. The van der Waals surface area contributed by atoms with E-state index in [0.29, 0.717) is 16.8 Å². The number of fused-ring (bicyclic) bond motifs is 3. The van der Waals surface area contributed by atoms with Crippen molar-refractivity contribution in [2.45, 2.75) is 30.2 Å². The molecule has 1 saturated carbocycles. The van der Waals surface area contributed by atoms with Crippen LogP contribution in [0, 0.1) is 11.8 Å². The molecule has 68 valence electrons. The Bertz CT molecular complexity index is 190. The molecule has 0 aromatic carbocycles. The number of hydrogen-bond donors (Lipinski definition) is 0. The largest absolute Gasteiger partial charge is 0.381 e. The van der Waals surface area contributed by atoms with E-state index in [1.54, 1.807) is 0 Å². The molecule has 2 heteroatoms. The van der Waals surface area contributed by atoms with Gasteiger partial charge in [0, 0.05) is 17.9 Å². The van der Waals surface area contributed by atoms with E-state index in [0.717, 1.165) is 5.92 Å². The summed E-state index contributed by atoms with van der Waals surface area (Å²) >= 11 is 3.74. The molecule has 1 nitrogen and oxygen atoms in total. The molecule has 0 N–H and O–H groups in total. The summed E-state index contributed by atoms with van der Waals surface area (Å²) in [6, 6.07) is 0. The van der Waals surface area contributed by atoms with Crippen molar-refractivity contribution in [3.8, 4) is 0 Å². The van der Waals surface area contributed by atoms with E-state index in [9.17, 15) is 0 Å². The Morgan fingerprint density at radius 3 is 2.50 bits per heavy atom. The summed E-state index contributed by atoms with van der Waals surface area (Å²) in [5.74, 6) is 1.43. The average molecular weight is 231 g/mol. The van der Waals surface area contributed by atoms with Crippen molar-refractivity contribution in [3.63, 3.8) is 0 Å². The molecular weight excluding hydrogens is 216 g/mol. The topological polar surface area (TPSA) is 9.23 Å². The van der Waals surface area contributed by atoms with Crippen molar-refractivity contribution in [1.29, 1.82) is 0 Å². The van der Waals surface area contributed by atoms with Crippen LogP contribution in [-0.2, 0) is 4.74 Å². The van der Waals surface area contributed by atoms with E-state index in [1.807, 2.05) is 7.11 Å². The molecule has 3 aliphatic rings. The molecule has 0 heterocycles. The minimum Gasteiger partial charge on any atom is -0.381 e. The summed E-state index contributed by atoms with van der Waals surface area (Å²) < 4.78 is 5.49. The molecule has 0 unspecified atom stereocenters. The summed E-state index contributed by atoms with van der Waals surface area (Å²) in [4.78, 5) is 0.631. The number of allylic oxidation sites excluding steroid dienone is 1. The fraction of sp³-hybridized carbons (Fsp3) is 0.800. The first-order valence-corrected chi connectivity index (χ1v) is 5.58. The van der Waals surface area contributed by atoms with Gasteiger partial charge in [0.25, 0.3) is 0 Å². The zero-order valence-corrected chi connectivity index (χ0v) is 8.96. The molecule has 3 rings (SSSR count). The monoisotopic (exact) mass is 230 g/mol. The van der Waals surface area contributed by atoms with Crippen molar-refractivity contribution in [3.05, 3.63) is 12.2 Å². The van der Waals surface area contributed by atoms with Crippen LogP contribution in [0.1, 0.15) is 19.3 Å². The lowest BCUT2D eigenvalue weighted by molar-refractivity contribution is 0.0653. The second-order valence-corrected chi connectivity index (χ2v) is 4.99. The van der Waals surface area contributed by atoms with Crippen LogP contribution in [0.3, 0.4) is 0 Å². The average Bonchev–Trinajstić information content (AvgIpc) is 2.36. The number of halogens is 1. The summed E-state index contributed by atoms with van der Waals surface area (Å²) in [5.41, 5.74) is 0. The number of methoxy groups -OCH3 is 1. The third kappa shape index (κ3) is 1.47. The number of ether oxygens (including phenoxy) is 1. The predicted octanol–water partition coefficient (Wildman–Crippen LogP) is 2.75. The maximum absolute atomic E-state index is 5.49. The molecule has 3 aliphatic carbocycles. The molecule has 0 radical (unpaired) electrons. The maximum Gasteiger partial charge on any atom is 0.0644 e. The lowest BCUT2D eigenvalue weighted by Crippen LogP contribution is -2.21. The Kier molecular flexibility index (Phi) is 2.56. The zero-order chi connectivity index (χ0) is 8.55. The highest BCUT2D eigenvalue weighted by Gasteiger charge is 2.33. The highest BCUT2D eigenvalue weighted by Crippen LogP contribution is 2.38. The summed E-state index contributed by atoms with van der Waals surface area (Å²) in [6.07, 6.45) is 8.96. The van der Waals surface area contributed by atoms with Crippen molar-refractivity contribution < 1.29 is 4.74 Å². The van der Waals surface area contributed by atoms with E-state index in [4.69, 9.17) is 4.74 Å². The molecule has 4 atom stereocenters. The zero-order valence-electron chi connectivity index (χ0n) is 7.37. The summed E-state index contributed by atoms with van der Waals surface area (Å²) in [7, 11) is 1.83. The SMILES string of the molecule is CO[C@@H]1C[C@@H](Br)[C@@H]2C=C[C@H]1CC2. The van der Waals surface area contributed by atoms with E-state index in [2.05, 4.69) is 28.1 Å². The quantitative estimate of drug-likeness (QED) is 0.498. The Morgan fingerprint density at radius 2 is 1.92 bits per heavy atom. The van der Waals surface area contributed by atoms with Gasteiger partial charge in [-0.2, -0.15) is 0 Å². The molecular formula is C10H15BrO. The second kappa shape index (κ2) is 3.51. The van der Waals surface area contributed by atoms with Crippen molar-refractivity contribution in [2.24, 2.45) is 11.8 Å². The van der Waals surface area contributed by atoms with E-state index in [1.165, 1.54) is 19.3 Å². The highest BCUT2D eigenvalue weighted by molar-refractivity contribution is 9.09. The van der Waals surface area contributed by atoms with E-state index < -0.39 is 0 Å². The first kappa shape index (κ1) is 8.76. The predicted molar refractivity (Wildman–Crippen MR) is 53.5 cm³/mol. The van der Waals surface area contributed by atoms with Gasteiger partial charge in [-0.15, -0.1) is 0 Å². The highest BCUT2D eigenvalue weighted by atomic mass is 79.9. The van der Waals surface area contributed by atoms with Crippen LogP contribution in [0.15, 0.2) is 12.2 Å². The van der Waals surface area contributed by atoms with Gasteiger partial charge in [0.2, 0.25) is 0 Å². The molecule has 2 bridgehead atoms. The fourth-order valence-corrected chi connectivity index (χ4v) is 3.13. The van der Waals surface area contributed by atoms with Gasteiger partial charge in [-0.25, -0.2) is 0 Å². The van der Waals surface area contributed by atoms with Gasteiger partial charge in [0.05, 0.1) is 6.10 Å². The molecule has 0 spiro atoms. The molecule has 1 fully saturated rings. The van der Waals surface area contributed by atoms with Gasteiger partial charge in [-0.1, -0.05) is 28.1 Å². The maximum atomic E-state index is 5.49. The fourth-order valence-electron chi connectivity index (χ4n) is 2.32. The van der Waals surface area contributed by atoms with Crippen LogP contribution >= 0.6 is 15.9 Å². The van der Waals surface area contributed by atoms with Gasteiger partial charge in [-0.3, -0.25) is 0 Å². The molecule has 0 amide bonds. The Labute approximate surface area is 82.3 Å². The lowest BCUT2D eigenvalue weighted by atomic mass is 9.90. The van der Waals surface area contributed by atoms with Gasteiger partial charge in [-0.05, 0) is 25.2 Å². The standard InChI is InChI=1S/C10H15BrO/c1-12-10-6-9(11)7-2-4-8(10)5-3-7/h2,4,7-10H,3,5-6H2,1H3/t7-,8+,9-,10-/m1/s1. The summed E-state index contributed by atoms with van der Waals surface area (Å²) in [6.45, 7) is 0. The van der Waals surface area contributed by atoms with Gasteiger partial charge < -0.3 is 4.74 Å². The lowest BCUT2D eigenvalue weighted by Gasteiger charge is -2.21. The summed E-state index contributed by atoms with van der Waals surface area (Å²) in [5, 5.41) is 0. The van der Waals surface area contributed by atoms with Crippen LogP contribution in [-0.4, -0.2) is 18.0 Å². The van der Waals surface area contributed by atoms with Crippen LogP contribution in [0.5, 0.6) is 0 Å². The second-order valence-electron chi connectivity index (χ2n) is 3.82. The van der Waals surface area contributed by atoms with Crippen LogP contribution < -0.4 is 0 Å². The van der Waals surface area contributed by atoms with Gasteiger partial charge in [0.1, 0.15) is 0 Å². The molecule has 12 heavy (non-hydrogen) atoms. The minimum absolute atomic E-state index is 0.443. The Hall–Kier alpha value is 0.180. The first-order valence-electron chi connectivity index (χ1n) is 4.66. The number of rotatable bonds is 1. The van der Waals surface area contributed by atoms with E-state index in [-0.39, 0.29) is 0 Å². The Balaban J connectivity index is 2.17. The van der Waals surface area contributed by atoms with Crippen LogP contribution in [0.4, 0.5) is 0 Å². The van der Waals surface area contributed by atoms with Crippen molar-refractivity contribution >= 4 is 15.9 Å². The number of alkyl halides is 1. The molecule has 0 aromatic heterocycles. The van der Waals surface area contributed by atoms with E-state index >= 15 is 0 Å². The normalized spacial score (nSPS) is 46.2. The minimum atomic E-state index is 0.443. The number of hydrogen-bond acceptors (Lipinski definition) is 1. The van der Waals surface area contributed by atoms with Gasteiger partial charge >= 0.3 is 0 Å². The van der Waals surface area contributed by atoms with Crippen molar-refractivity contribution in [2.75, 3.05) is 7.11 Å². The van der Waals surface area contributed by atoms with Crippen molar-refractivity contribution in [1.82, 2.24) is 0 Å². The smallest absolute Gasteiger partial charge is 0.0644 e. The first-order chi connectivity index (χ1) is 5.81. The van der Waals surface area contributed by atoms with Crippen LogP contribution in [0.2, 0.25) is 0 Å². The molecule has 0 aliphatic heterocycles. The third-order valence-corrected chi connectivity index (χ3v) is 4.19. The van der Waals surface area contributed by atoms with Gasteiger partial charge in [0.15, 0.2) is 0 Å². The third-order valence-electron chi connectivity index (χ3n) is 3.14.